The zero-order valence-corrected chi connectivity index (χ0v) is 13.9. The van der Waals surface area contributed by atoms with Crippen molar-refractivity contribution in [2.24, 2.45) is 0 Å². The third kappa shape index (κ3) is 5.81. The molecule has 0 aliphatic carbocycles. The van der Waals surface area contributed by atoms with Gasteiger partial charge in [-0.15, -0.1) is 0 Å². The predicted molar refractivity (Wildman–Crippen MR) is 84.9 cm³/mol. The molecule has 0 spiro atoms. The Balaban J connectivity index is 1.91. The van der Waals surface area contributed by atoms with Gasteiger partial charge in [-0.25, -0.2) is 4.98 Å². The Morgan fingerprint density at radius 1 is 1.38 bits per heavy atom. The van der Waals surface area contributed by atoms with Gasteiger partial charge < -0.3 is 14.8 Å². The average Bonchev–Trinajstić information content (AvgIpc) is 2.45. The van der Waals surface area contributed by atoms with Crippen molar-refractivity contribution in [1.29, 1.82) is 0 Å². The Hall–Kier alpha value is -0.840. The summed E-state index contributed by atoms with van der Waals surface area (Å²) in [5.74, 6) is 0.610. The molecule has 0 saturated carbocycles. The van der Waals surface area contributed by atoms with Gasteiger partial charge in [-0.05, 0) is 46.1 Å². The van der Waals surface area contributed by atoms with E-state index in [0.717, 1.165) is 25.1 Å². The maximum atomic E-state index is 6.19. The van der Waals surface area contributed by atoms with E-state index >= 15 is 0 Å². The van der Waals surface area contributed by atoms with Gasteiger partial charge in [0.25, 0.3) is 0 Å². The number of ether oxygens (including phenoxy) is 2. The Kier molecular flexibility index (Phi) is 5.85. The maximum Gasteiger partial charge on any atom is 0.213 e. The molecular weight excluding hydrogens is 288 g/mol. The summed E-state index contributed by atoms with van der Waals surface area (Å²) >= 11 is 6.19. The number of pyridine rings is 1. The van der Waals surface area contributed by atoms with E-state index < -0.39 is 0 Å². The third-order valence-electron chi connectivity index (χ3n) is 3.37. The van der Waals surface area contributed by atoms with Crippen LogP contribution >= 0.6 is 11.6 Å². The van der Waals surface area contributed by atoms with Crippen LogP contribution in [0, 0.1) is 0 Å². The first-order chi connectivity index (χ1) is 9.94. The lowest BCUT2D eigenvalue weighted by Crippen LogP contribution is -2.35. The van der Waals surface area contributed by atoms with E-state index in [4.69, 9.17) is 21.1 Å². The first-order valence-corrected chi connectivity index (χ1v) is 7.97. The van der Waals surface area contributed by atoms with Gasteiger partial charge >= 0.3 is 0 Å². The lowest BCUT2D eigenvalue weighted by atomic mass is 10.1. The van der Waals surface area contributed by atoms with E-state index in [-0.39, 0.29) is 11.6 Å². The molecule has 0 radical (unpaired) electrons. The molecule has 1 atom stereocenters. The molecule has 0 bridgehead atoms. The van der Waals surface area contributed by atoms with E-state index in [1.807, 2.05) is 12.1 Å². The highest BCUT2D eigenvalue weighted by atomic mass is 35.5. The van der Waals surface area contributed by atoms with Crippen LogP contribution < -0.4 is 10.1 Å². The van der Waals surface area contributed by atoms with Crippen molar-refractivity contribution >= 4 is 11.6 Å². The summed E-state index contributed by atoms with van der Waals surface area (Å²) < 4.78 is 11.4. The number of halogens is 1. The van der Waals surface area contributed by atoms with Crippen LogP contribution in [-0.2, 0) is 11.3 Å². The second kappa shape index (κ2) is 7.43. The number of aromatic nitrogens is 1. The van der Waals surface area contributed by atoms with Gasteiger partial charge in [0.1, 0.15) is 6.61 Å². The Bertz CT molecular complexity index is 454. The Morgan fingerprint density at radius 2 is 2.19 bits per heavy atom. The minimum atomic E-state index is 0.0256. The first-order valence-electron chi connectivity index (χ1n) is 7.59. The second-order valence-corrected chi connectivity index (χ2v) is 6.89. The summed E-state index contributed by atoms with van der Waals surface area (Å²) in [5.41, 5.74) is 0.839. The Morgan fingerprint density at radius 3 is 2.86 bits per heavy atom. The molecule has 5 heteroatoms. The van der Waals surface area contributed by atoms with E-state index in [9.17, 15) is 0 Å². The number of nitrogens with one attached hydrogen (secondary N) is 1. The zero-order chi connectivity index (χ0) is 15.3. The number of hydrogen-bond donors (Lipinski definition) is 1. The molecule has 1 N–H and O–H groups in total. The van der Waals surface area contributed by atoms with Crippen molar-refractivity contribution < 1.29 is 9.47 Å². The number of nitrogens with zero attached hydrogens (tertiary/aromatic N) is 1. The van der Waals surface area contributed by atoms with Crippen molar-refractivity contribution in [3.63, 3.8) is 0 Å². The summed E-state index contributed by atoms with van der Waals surface area (Å²) in [5, 5.41) is 4.04. The number of rotatable bonds is 5. The predicted octanol–water partition coefficient (Wildman–Crippen LogP) is 3.57. The van der Waals surface area contributed by atoms with Crippen LogP contribution in [0.4, 0.5) is 0 Å². The maximum absolute atomic E-state index is 6.19. The van der Waals surface area contributed by atoms with E-state index in [0.29, 0.717) is 24.1 Å². The van der Waals surface area contributed by atoms with Crippen LogP contribution in [0.25, 0.3) is 0 Å². The van der Waals surface area contributed by atoms with Gasteiger partial charge in [-0.2, -0.15) is 0 Å². The highest BCUT2D eigenvalue weighted by molar-refractivity contribution is 6.31. The molecule has 21 heavy (non-hydrogen) atoms. The van der Waals surface area contributed by atoms with Crippen molar-refractivity contribution in [2.45, 2.75) is 58.2 Å². The quantitative estimate of drug-likeness (QED) is 0.902. The summed E-state index contributed by atoms with van der Waals surface area (Å²) in [7, 11) is 0. The third-order valence-corrected chi connectivity index (χ3v) is 3.71. The number of hydrogen-bond acceptors (Lipinski definition) is 4. The molecule has 1 fully saturated rings. The van der Waals surface area contributed by atoms with Crippen LogP contribution in [-0.4, -0.2) is 29.8 Å². The molecule has 1 aliphatic heterocycles. The largest absolute Gasteiger partial charge is 0.475 e. The minimum absolute atomic E-state index is 0.0256. The molecular formula is C16H25ClN2O2. The van der Waals surface area contributed by atoms with E-state index in [1.165, 1.54) is 6.42 Å². The van der Waals surface area contributed by atoms with Crippen molar-refractivity contribution in [3.8, 4) is 5.88 Å². The van der Waals surface area contributed by atoms with Crippen molar-refractivity contribution in [1.82, 2.24) is 10.3 Å². The highest BCUT2D eigenvalue weighted by Gasteiger charge is 2.16. The van der Waals surface area contributed by atoms with Crippen LogP contribution in [0.2, 0.25) is 5.02 Å². The summed E-state index contributed by atoms with van der Waals surface area (Å²) in [6, 6.07) is 3.65. The molecule has 1 aliphatic rings. The molecule has 1 unspecified atom stereocenters. The summed E-state index contributed by atoms with van der Waals surface area (Å²) in [6.07, 6.45) is 3.61. The molecule has 1 aromatic heterocycles. The molecule has 1 saturated heterocycles. The van der Waals surface area contributed by atoms with Gasteiger partial charge in [0.2, 0.25) is 5.88 Å². The van der Waals surface area contributed by atoms with Crippen LogP contribution in [0.1, 0.15) is 45.7 Å². The van der Waals surface area contributed by atoms with Crippen molar-refractivity contribution in [3.05, 3.63) is 22.8 Å². The second-order valence-electron chi connectivity index (χ2n) is 6.48. The Labute approximate surface area is 132 Å². The van der Waals surface area contributed by atoms with Gasteiger partial charge in [0.15, 0.2) is 0 Å². The van der Waals surface area contributed by atoms with Crippen LogP contribution in [0.5, 0.6) is 5.88 Å². The minimum Gasteiger partial charge on any atom is -0.475 e. The highest BCUT2D eigenvalue weighted by Crippen LogP contribution is 2.20. The smallest absolute Gasteiger partial charge is 0.213 e. The van der Waals surface area contributed by atoms with Gasteiger partial charge in [0, 0.05) is 24.8 Å². The fourth-order valence-electron chi connectivity index (χ4n) is 2.13. The van der Waals surface area contributed by atoms with Gasteiger partial charge in [-0.3, -0.25) is 0 Å². The van der Waals surface area contributed by atoms with Crippen LogP contribution in [0.3, 0.4) is 0 Å². The van der Waals surface area contributed by atoms with Crippen molar-refractivity contribution in [2.75, 3.05) is 13.2 Å². The molecule has 118 valence electrons. The summed E-state index contributed by atoms with van der Waals surface area (Å²) in [6.45, 7) is 8.36. The lowest BCUT2D eigenvalue weighted by molar-refractivity contribution is -0.0119. The lowest BCUT2D eigenvalue weighted by Gasteiger charge is -2.23. The molecule has 0 amide bonds. The van der Waals surface area contributed by atoms with E-state index in [2.05, 4.69) is 31.1 Å². The summed E-state index contributed by atoms with van der Waals surface area (Å²) in [4.78, 5) is 4.49. The molecule has 0 aromatic carbocycles. The first kappa shape index (κ1) is 16.5. The fraction of sp³-hybridized carbons (Fsp3) is 0.688. The fourth-order valence-corrected chi connectivity index (χ4v) is 2.31. The average molecular weight is 313 g/mol. The van der Waals surface area contributed by atoms with Crippen LogP contribution in [0.15, 0.2) is 12.1 Å². The molecule has 4 nitrogen and oxygen atoms in total. The monoisotopic (exact) mass is 312 g/mol. The van der Waals surface area contributed by atoms with Gasteiger partial charge in [-0.1, -0.05) is 11.6 Å². The topological polar surface area (TPSA) is 43.4 Å². The zero-order valence-electron chi connectivity index (χ0n) is 13.1. The molecule has 1 aromatic rings. The van der Waals surface area contributed by atoms with Gasteiger partial charge in [0.05, 0.1) is 16.8 Å². The normalized spacial score (nSPS) is 19.5. The molecule has 2 rings (SSSR count). The van der Waals surface area contributed by atoms with E-state index in [1.54, 1.807) is 0 Å². The molecule has 2 heterocycles. The SMILES string of the molecule is CC(C)(C)NCc1nc(OCC2CCCCO2)ccc1Cl. The standard InChI is InChI=1S/C16H25ClN2O2/c1-16(2,3)18-10-14-13(17)7-8-15(19-14)21-11-12-6-4-5-9-20-12/h7-8,12,18H,4-6,9-11H2,1-3H3.